The lowest BCUT2D eigenvalue weighted by molar-refractivity contribution is -0.892. The Hall–Kier alpha value is -2.97. The van der Waals surface area contributed by atoms with Crippen LogP contribution in [0.2, 0.25) is 5.02 Å². The Morgan fingerprint density at radius 2 is 1.93 bits per heavy atom. The predicted octanol–water partition coefficient (Wildman–Crippen LogP) is 0.968. The van der Waals surface area contributed by atoms with Crippen LogP contribution in [-0.4, -0.2) is 58.8 Å². The molecular formula is C20H23ClN7O+. The third-order valence-electron chi connectivity index (χ3n) is 5.16. The van der Waals surface area contributed by atoms with E-state index in [1.54, 1.807) is 4.68 Å². The van der Waals surface area contributed by atoms with Gasteiger partial charge in [0.15, 0.2) is 6.54 Å². The van der Waals surface area contributed by atoms with Crippen molar-refractivity contribution < 1.29 is 9.69 Å². The van der Waals surface area contributed by atoms with Crippen molar-refractivity contribution in [3.05, 3.63) is 59.4 Å². The van der Waals surface area contributed by atoms with Gasteiger partial charge in [-0.15, -0.1) is 5.10 Å². The van der Waals surface area contributed by atoms with E-state index in [4.69, 9.17) is 11.6 Å². The molecule has 0 radical (unpaired) electrons. The molecule has 1 aliphatic rings. The zero-order valence-electron chi connectivity index (χ0n) is 16.2. The minimum atomic E-state index is 0.0163. The predicted molar refractivity (Wildman–Crippen MR) is 112 cm³/mol. The zero-order valence-corrected chi connectivity index (χ0v) is 16.9. The molecule has 3 aromatic rings. The summed E-state index contributed by atoms with van der Waals surface area (Å²) in [6.45, 7) is 6.20. The number of hydrogen-bond acceptors (Lipinski definition) is 5. The van der Waals surface area contributed by atoms with Gasteiger partial charge < -0.3 is 15.1 Å². The number of halogens is 1. The van der Waals surface area contributed by atoms with Crippen molar-refractivity contribution in [2.24, 2.45) is 0 Å². The second kappa shape index (κ2) is 8.59. The summed E-state index contributed by atoms with van der Waals surface area (Å²) in [6.07, 6.45) is 1.53. The molecule has 1 aliphatic heterocycles. The molecule has 2 N–H and O–H groups in total. The Morgan fingerprint density at radius 1 is 1.17 bits per heavy atom. The first-order valence-corrected chi connectivity index (χ1v) is 9.94. The SMILES string of the molecule is Cc1ccc(Cl)cc1N1CC[NH+](CC(=O)Nc2ccc(-n3cnnn3)cc2)CC1. The zero-order chi connectivity index (χ0) is 20.2. The molecule has 0 bridgehead atoms. The number of quaternary nitrogens is 1. The Kier molecular flexibility index (Phi) is 5.73. The van der Waals surface area contributed by atoms with Gasteiger partial charge >= 0.3 is 0 Å². The Balaban J connectivity index is 1.28. The summed E-state index contributed by atoms with van der Waals surface area (Å²) in [5.41, 5.74) is 4.01. The van der Waals surface area contributed by atoms with Crippen LogP contribution in [0.15, 0.2) is 48.8 Å². The lowest BCUT2D eigenvalue weighted by Crippen LogP contribution is -3.15. The van der Waals surface area contributed by atoms with Crippen molar-refractivity contribution in [2.45, 2.75) is 6.92 Å². The molecule has 0 saturated carbocycles. The van der Waals surface area contributed by atoms with E-state index in [2.05, 4.69) is 38.7 Å². The third-order valence-corrected chi connectivity index (χ3v) is 5.39. The van der Waals surface area contributed by atoms with Crippen LogP contribution in [0, 0.1) is 6.92 Å². The summed E-state index contributed by atoms with van der Waals surface area (Å²) < 4.78 is 1.57. The van der Waals surface area contributed by atoms with Crippen molar-refractivity contribution >= 4 is 28.9 Å². The highest BCUT2D eigenvalue weighted by atomic mass is 35.5. The number of carbonyl (C=O) groups is 1. The van der Waals surface area contributed by atoms with E-state index in [-0.39, 0.29) is 5.91 Å². The monoisotopic (exact) mass is 412 g/mol. The number of benzene rings is 2. The van der Waals surface area contributed by atoms with Gasteiger partial charge in [0, 0.05) is 16.4 Å². The number of aryl methyl sites for hydroxylation is 1. The van der Waals surface area contributed by atoms with E-state index in [0.29, 0.717) is 6.54 Å². The maximum absolute atomic E-state index is 12.4. The van der Waals surface area contributed by atoms with Gasteiger partial charge in [0.25, 0.3) is 5.91 Å². The minimum Gasteiger partial charge on any atom is -0.360 e. The van der Waals surface area contributed by atoms with Gasteiger partial charge in [0.05, 0.1) is 31.9 Å². The van der Waals surface area contributed by atoms with E-state index in [0.717, 1.165) is 42.6 Å². The summed E-state index contributed by atoms with van der Waals surface area (Å²) >= 11 is 6.15. The highest BCUT2D eigenvalue weighted by molar-refractivity contribution is 6.30. The molecule has 0 aliphatic carbocycles. The number of anilines is 2. The standard InChI is InChI=1S/C20H22ClN7O/c1-15-2-3-16(21)12-19(15)27-10-8-26(9-11-27)13-20(29)23-17-4-6-18(7-5-17)28-14-22-24-25-28/h2-7,12,14H,8-11,13H2,1H3,(H,23,29)/p+1. The Morgan fingerprint density at radius 3 is 2.62 bits per heavy atom. The Labute approximate surface area is 174 Å². The second-order valence-electron chi connectivity index (χ2n) is 7.19. The molecule has 0 atom stereocenters. The number of nitrogens with one attached hydrogen (secondary N) is 2. The quantitative estimate of drug-likeness (QED) is 0.652. The van der Waals surface area contributed by atoms with Gasteiger partial charge in [0.2, 0.25) is 0 Å². The topological polar surface area (TPSA) is 80.4 Å². The maximum Gasteiger partial charge on any atom is 0.279 e. The summed E-state index contributed by atoms with van der Waals surface area (Å²) in [5, 5.41) is 14.8. The van der Waals surface area contributed by atoms with E-state index >= 15 is 0 Å². The van der Waals surface area contributed by atoms with Crippen LogP contribution in [0.3, 0.4) is 0 Å². The van der Waals surface area contributed by atoms with Crippen LogP contribution in [0.25, 0.3) is 5.69 Å². The average Bonchev–Trinajstić information content (AvgIpc) is 3.26. The molecule has 1 aromatic heterocycles. The molecule has 150 valence electrons. The van der Waals surface area contributed by atoms with Crippen molar-refractivity contribution in [3.63, 3.8) is 0 Å². The van der Waals surface area contributed by atoms with Gasteiger partial charge in [-0.3, -0.25) is 4.79 Å². The summed E-state index contributed by atoms with van der Waals surface area (Å²) in [6, 6.07) is 13.4. The highest BCUT2D eigenvalue weighted by Gasteiger charge is 2.23. The Bertz CT molecular complexity index is 967. The normalized spacial score (nSPS) is 14.8. The molecule has 2 heterocycles. The van der Waals surface area contributed by atoms with Crippen LogP contribution >= 0.6 is 11.6 Å². The maximum atomic E-state index is 12.4. The average molecular weight is 413 g/mol. The minimum absolute atomic E-state index is 0.0163. The van der Waals surface area contributed by atoms with E-state index < -0.39 is 0 Å². The molecule has 29 heavy (non-hydrogen) atoms. The number of piperazine rings is 1. The molecular weight excluding hydrogens is 390 g/mol. The number of amides is 1. The number of aromatic nitrogens is 4. The molecule has 8 nitrogen and oxygen atoms in total. The van der Waals surface area contributed by atoms with Crippen molar-refractivity contribution in [2.75, 3.05) is 42.9 Å². The fourth-order valence-corrected chi connectivity index (χ4v) is 3.74. The highest BCUT2D eigenvalue weighted by Crippen LogP contribution is 2.24. The van der Waals surface area contributed by atoms with Gasteiger partial charge in [-0.1, -0.05) is 17.7 Å². The van der Waals surface area contributed by atoms with Crippen LogP contribution in [0.4, 0.5) is 11.4 Å². The lowest BCUT2D eigenvalue weighted by atomic mass is 10.1. The van der Waals surface area contributed by atoms with Crippen molar-refractivity contribution in [3.8, 4) is 5.69 Å². The van der Waals surface area contributed by atoms with Gasteiger partial charge in [-0.25, -0.2) is 4.68 Å². The summed E-state index contributed by atoms with van der Waals surface area (Å²) in [4.78, 5) is 16.1. The molecule has 4 rings (SSSR count). The van der Waals surface area contributed by atoms with Gasteiger partial charge in [-0.05, 0) is 59.3 Å². The van der Waals surface area contributed by atoms with E-state index in [9.17, 15) is 4.79 Å². The third kappa shape index (κ3) is 4.72. The smallest absolute Gasteiger partial charge is 0.279 e. The number of carbonyl (C=O) groups excluding carboxylic acids is 1. The van der Waals surface area contributed by atoms with Gasteiger partial charge in [-0.2, -0.15) is 0 Å². The van der Waals surface area contributed by atoms with Crippen molar-refractivity contribution in [1.29, 1.82) is 0 Å². The van der Waals surface area contributed by atoms with Crippen LogP contribution < -0.4 is 15.1 Å². The van der Waals surface area contributed by atoms with Crippen LogP contribution in [0.5, 0.6) is 0 Å². The molecule has 0 unspecified atom stereocenters. The fourth-order valence-electron chi connectivity index (χ4n) is 3.57. The summed E-state index contributed by atoms with van der Waals surface area (Å²) in [7, 11) is 0. The van der Waals surface area contributed by atoms with E-state index in [1.807, 2.05) is 36.4 Å². The summed E-state index contributed by atoms with van der Waals surface area (Å²) in [5.74, 6) is 0.0163. The van der Waals surface area contributed by atoms with E-state index in [1.165, 1.54) is 22.5 Å². The molecule has 1 amide bonds. The largest absolute Gasteiger partial charge is 0.360 e. The fraction of sp³-hybridized carbons (Fsp3) is 0.300. The first-order valence-electron chi connectivity index (χ1n) is 9.56. The van der Waals surface area contributed by atoms with Crippen LogP contribution in [-0.2, 0) is 4.79 Å². The molecule has 1 saturated heterocycles. The number of nitrogens with zero attached hydrogens (tertiary/aromatic N) is 5. The number of tetrazole rings is 1. The molecule has 9 heteroatoms. The first kappa shape index (κ1) is 19.4. The van der Waals surface area contributed by atoms with Crippen LogP contribution in [0.1, 0.15) is 5.56 Å². The number of rotatable bonds is 5. The van der Waals surface area contributed by atoms with Crippen molar-refractivity contribution in [1.82, 2.24) is 20.2 Å². The first-order chi connectivity index (χ1) is 14.1. The lowest BCUT2D eigenvalue weighted by Gasteiger charge is -2.34. The molecule has 0 spiro atoms. The van der Waals surface area contributed by atoms with Gasteiger partial charge in [0.1, 0.15) is 6.33 Å². The number of hydrogen-bond donors (Lipinski definition) is 2. The second-order valence-corrected chi connectivity index (χ2v) is 7.63. The molecule has 2 aromatic carbocycles. The molecule has 1 fully saturated rings.